The van der Waals surface area contributed by atoms with Gasteiger partial charge in [0.05, 0.1) is 6.61 Å². The van der Waals surface area contributed by atoms with E-state index >= 15 is 0 Å². The maximum atomic E-state index is 13.1. The molecule has 1 rings (SSSR count). The first kappa shape index (κ1) is 11.2. The van der Waals surface area contributed by atoms with Gasteiger partial charge in [-0.25, -0.2) is 4.79 Å². The molecule has 0 atom stereocenters. The van der Waals surface area contributed by atoms with Gasteiger partial charge in [0.15, 0.2) is 11.5 Å². The fraction of sp³-hybridized carbons (Fsp3) is 0.222. The van der Waals surface area contributed by atoms with E-state index in [-0.39, 0.29) is 12.4 Å². The van der Waals surface area contributed by atoms with Gasteiger partial charge in [0.1, 0.15) is 0 Å². The average Bonchev–Trinajstić information content (AvgIpc) is 2.17. The molecule has 15 heavy (non-hydrogen) atoms. The number of halogens is 2. The standard InChI is InChI=1S/C9H8F2O4/c1-2-14-5-3-4-6(15-9(12)13)8(11)7(5)10/h3-4H,2H2,1H3,(H,12,13). The van der Waals surface area contributed by atoms with Crippen LogP contribution in [0.3, 0.4) is 0 Å². The van der Waals surface area contributed by atoms with Crippen molar-refractivity contribution in [3.8, 4) is 11.5 Å². The molecule has 0 fully saturated rings. The van der Waals surface area contributed by atoms with Crippen LogP contribution in [-0.2, 0) is 0 Å². The fourth-order valence-electron chi connectivity index (χ4n) is 0.954. The van der Waals surface area contributed by atoms with Gasteiger partial charge >= 0.3 is 6.16 Å². The van der Waals surface area contributed by atoms with Crippen LogP contribution >= 0.6 is 0 Å². The van der Waals surface area contributed by atoms with E-state index in [0.29, 0.717) is 0 Å². The van der Waals surface area contributed by atoms with Crippen LogP contribution in [-0.4, -0.2) is 17.9 Å². The van der Waals surface area contributed by atoms with Gasteiger partial charge in [-0.3, -0.25) is 0 Å². The third-order valence-electron chi connectivity index (χ3n) is 1.51. The lowest BCUT2D eigenvalue weighted by Gasteiger charge is -2.07. The van der Waals surface area contributed by atoms with Gasteiger partial charge in [0, 0.05) is 0 Å². The highest BCUT2D eigenvalue weighted by Gasteiger charge is 2.17. The second-order valence-electron chi connectivity index (χ2n) is 2.49. The van der Waals surface area contributed by atoms with E-state index in [1.54, 1.807) is 6.92 Å². The van der Waals surface area contributed by atoms with Crippen molar-refractivity contribution in [1.29, 1.82) is 0 Å². The Labute approximate surface area is 84.0 Å². The van der Waals surface area contributed by atoms with E-state index in [9.17, 15) is 13.6 Å². The Morgan fingerprint density at radius 2 is 1.87 bits per heavy atom. The molecule has 1 aromatic carbocycles. The predicted molar refractivity (Wildman–Crippen MR) is 46.2 cm³/mol. The molecule has 0 aliphatic heterocycles. The van der Waals surface area contributed by atoms with Crippen molar-refractivity contribution >= 4 is 6.16 Å². The summed E-state index contributed by atoms with van der Waals surface area (Å²) < 4.78 is 35.0. The van der Waals surface area contributed by atoms with Crippen molar-refractivity contribution < 1.29 is 28.2 Å². The molecule has 1 aromatic rings. The molecular formula is C9H8F2O4. The van der Waals surface area contributed by atoms with Crippen molar-refractivity contribution in [3.05, 3.63) is 23.8 Å². The molecule has 0 unspecified atom stereocenters. The van der Waals surface area contributed by atoms with Gasteiger partial charge in [0.2, 0.25) is 11.6 Å². The van der Waals surface area contributed by atoms with Crippen molar-refractivity contribution in [2.75, 3.05) is 6.61 Å². The highest BCUT2D eigenvalue weighted by molar-refractivity contribution is 5.61. The molecule has 0 aliphatic carbocycles. The van der Waals surface area contributed by atoms with Crippen LogP contribution in [0.2, 0.25) is 0 Å². The summed E-state index contributed by atoms with van der Waals surface area (Å²) >= 11 is 0. The first-order valence-electron chi connectivity index (χ1n) is 4.07. The van der Waals surface area contributed by atoms with Crippen LogP contribution in [0.5, 0.6) is 11.5 Å². The molecule has 0 spiro atoms. The molecule has 0 saturated heterocycles. The van der Waals surface area contributed by atoms with Gasteiger partial charge in [-0.05, 0) is 19.1 Å². The van der Waals surface area contributed by atoms with Gasteiger partial charge < -0.3 is 14.6 Å². The fourth-order valence-corrected chi connectivity index (χ4v) is 0.954. The lowest BCUT2D eigenvalue weighted by molar-refractivity contribution is 0.142. The van der Waals surface area contributed by atoms with Gasteiger partial charge in [-0.1, -0.05) is 0 Å². The van der Waals surface area contributed by atoms with Gasteiger partial charge in [-0.15, -0.1) is 0 Å². The Bertz CT molecular complexity index is 379. The lowest BCUT2D eigenvalue weighted by atomic mass is 10.3. The summed E-state index contributed by atoms with van der Waals surface area (Å²) in [4.78, 5) is 10.1. The summed E-state index contributed by atoms with van der Waals surface area (Å²) in [5.74, 6) is -3.63. The molecule has 0 amide bonds. The average molecular weight is 218 g/mol. The van der Waals surface area contributed by atoms with Gasteiger partial charge in [0.25, 0.3) is 0 Å². The number of rotatable bonds is 3. The van der Waals surface area contributed by atoms with Crippen LogP contribution in [0.1, 0.15) is 6.92 Å². The van der Waals surface area contributed by atoms with Gasteiger partial charge in [-0.2, -0.15) is 8.78 Å². The smallest absolute Gasteiger partial charge is 0.491 e. The molecule has 4 nitrogen and oxygen atoms in total. The molecule has 0 bridgehead atoms. The quantitative estimate of drug-likeness (QED) is 0.625. The number of benzene rings is 1. The summed E-state index contributed by atoms with van der Waals surface area (Å²) in [5.41, 5.74) is 0. The third kappa shape index (κ3) is 2.55. The molecule has 1 N–H and O–H groups in total. The third-order valence-corrected chi connectivity index (χ3v) is 1.51. The summed E-state index contributed by atoms with van der Waals surface area (Å²) in [6, 6.07) is 2.08. The van der Waals surface area contributed by atoms with E-state index in [2.05, 4.69) is 4.74 Å². The SMILES string of the molecule is CCOc1ccc(OC(=O)O)c(F)c1F. The number of carboxylic acid groups (broad SMARTS) is 1. The number of hydrogen-bond donors (Lipinski definition) is 1. The predicted octanol–water partition coefficient (Wildman–Crippen LogP) is 2.42. The van der Waals surface area contributed by atoms with E-state index in [0.717, 1.165) is 12.1 Å². The number of carbonyl (C=O) groups is 1. The second kappa shape index (κ2) is 4.59. The molecule has 0 heterocycles. The van der Waals surface area contributed by atoms with E-state index in [1.165, 1.54) is 0 Å². The Kier molecular flexibility index (Phi) is 3.43. The molecule has 0 aromatic heterocycles. The Morgan fingerprint density at radius 1 is 1.33 bits per heavy atom. The van der Waals surface area contributed by atoms with Crippen LogP contribution in [0.4, 0.5) is 13.6 Å². The minimum atomic E-state index is -1.71. The largest absolute Gasteiger partial charge is 0.511 e. The van der Waals surface area contributed by atoms with Crippen LogP contribution in [0.25, 0.3) is 0 Å². The zero-order chi connectivity index (χ0) is 11.4. The van der Waals surface area contributed by atoms with E-state index in [1.807, 2.05) is 0 Å². The molecule has 82 valence electrons. The molecule has 0 aliphatic rings. The van der Waals surface area contributed by atoms with Crippen molar-refractivity contribution in [2.24, 2.45) is 0 Å². The van der Waals surface area contributed by atoms with Crippen molar-refractivity contribution in [3.63, 3.8) is 0 Å². The van der Waals surface area contributed by atoms with Crippen LogP contribution < -0.4 is 9.47 Å². The first-order chi connectivity index (χ1) is 7.06. The van der Waals surface area contributed by atoms with E-state index < -0.39 is 23.5 Å². The minimum Gasteiger partial charge on any atom is -0.491 e. The van der Waals surface area contributed by atoms with Crippen molar-refractivity contribution in [2.45, 2.75) is 6.92 Å². The highest BCUT2D eigenvalue weighted by Crippen LogP contribution is 2.27. The van der Waals surface area contributed by atoms with Crippen LogP contribution in [0.15, 0.2) is 12.1 Å². The first-order valence-corrected chi connectivity index (χ1v) is 4.07. The number of ether oxygens (including phenoxy) is 2. The molecule has 6 heteroatoms. The zero-order valence-electron chi connectivity index (χ0n) is 7.79. The maximum absolute atomic E-state index is 13.1. The monoisotopic (exact) mass is 218 g/mol. The normalized spacial score (nSPS) is 9.80. The Hall–Kier alpha value is -1.85. The number of hydrogen-bond acceptors (Lipinski definition) is 3. The lowest BCUT2D eigenvalue weighted by Crippen LogP contribution is -2.06. The highest BCUT2D eigenvalue weighted by atomic mass is 19.2. The summed E-state index contributed by atoms with van der Waals surface area (Å²) in [6.45, 7) is 1.79. The van der Waals surface area contributed by atoms with Crippen molar-refractivity contribution in [1.82, 2.24) is 0 Å². The zero-order valence-corrected chi connectivity index (χ0v) is 7.79. The van der Waals surface area contributed by atoms with E-state index in [4.69, 9.17) is 9.84 Å². The summed E-state index contributed by atoms with van der Waals surface area (Å²) in [6.07, 6.45) is -1.71. The summed E-state index contributed by atoms with van der Waals surface area (Å²) in [5, 5.41) is 8.21. The Balaban J connectivity index is 3.03. The molecule has 0 saturated carbocycles. The minimum absolute atomic E-state index is 0.176. The molecule has 0 radical (unpaired) electrons. The molecular weight excluding hydrogens is 210 g/mol. The van der Waals surface area contributed by atoms with Crippen LogP contribution in [0, 0.1) is 11.6 Å². The summed E-state index contributed by atoms with van der Waals surface area (Å²) in [7, 11) is 0. The topological polar surface area (TPSA) is 55.8 Å². The Morgan fingerprint density at radius 3 is 2.40 bits per heavy atom. The maximum Gasteiger partial charge on any atom is 0.511 e. The second-order valence-corrected chi connectivity index (χ2v) is 2.49.